The molecule has 0 saturated carbocycles. The Bertz CT molecular complexity index is 464. The van der Waals surface area contributed by atoms with Crippen molar-refractivity contribution in [3.8, 4) is 0 Å². The number of nitrogen functional groups attached to an aromatic ring is 1. The monoisotopic (exact) mass is 294 g/mol. The molecule has 0 atom stereocenters. The second-order valence-electron chi connectivity index (χ2n) is 6.91. The minimum Gasteiger partial charge on any atom is -0.416 e. The highest BCUT2D eigenvalue weighted by Gasteiger charge is 2.36. The van der Waals surface area contributed by atoms with Gasteiger partial charge in [-0.3, -0.25) is 0 Å². The van der Waals surface area contributed by atoms with E-state index in [2.05, 4.69) is 46.1 Å². The fourth-order valence-corrected chi connectivity index (χ4v) is 3.00. The molecule has 0 heterocycles. The van der Waals surface area contributed by atoms with E-state index in [0.717, 1.165) is 30.0 Å². The van der Waals surface area contributed by atoms with Crippen LogP contribution in [0.5, 0.6) is 0 Å². The first-order valence-corrected chi connectivity index (χ1v) is 10.2. The van der Waals surface area contributed by atoms with Gasteiger partial charge in [0, 0.05) is 25.0 Å². The van der Waals surface area contributed by atoms with Gasteiger partial charge in [-0.2, -0.15) is 0 Å². The summed E-state index contributed by atoms with van der Waals surface area (Å²) in [6.45, 7) is 14.2. The number of hydrogen-bond donors (Lipinski definition) is 2. The molecule has 114 valence electrons. The van der Waals surface area contributed by atoms with Crippen LogP contribution in [0.4, 0.5) is 11.4 Å². The van der Waals surface area contributed by atoms with Crippen molar-refractivity contribution < 1.29 is 4.43 Å². The van der Waals surface area contributed by atoms with Gasteiger partial charge >= 0.3 is 0 Å². The maximum absolute atomic E-state index is 6.26. The van der Waals surface area contributed by atoms with Crippen molar-refractivity contribution in [3.05, 3.63) is 23.3 Å². The largest absolute Gasteiger partial charge is 0.416 e. The highest BCUT2D eigenvalue weighted by Crippen LogP contribution is 2.36. The first-order valence-electron chi connectivity index (χ1n) is 7.30. The quantitative estimate of drug-likeness (QED) is 0.632. The normalized spacial score (nSPS) is 12.6. The van der Waals surface area contributed by atoms with Gasteiger partial charge < -0.3 is 15.5 Å². The zero-order chi connectivity index (χ0) is 15.6. The summed E-state index contributed by atoms with van der Waals surface area (Å²) in [4.78, 5) is 0. The molecule has 0 aliphatic rings. The highest BCUT2D eigenvalue weighted by molar-refractivity contribution is 6.74. The van der Waals surface area contributed by atoms with Crippen LogP contribution >= 0.6 is 0 Å². The molecule has 3 N–H and O–H groups in total. The first-order chi connectivity index (χ1) is 9.10. The van der Waals surface area contributed by atoms with Crippen molar-refractivity contribution in [2.45, 2.75) is 52.2 Å². The van der Waals surface area contributed by atoms with E-state index in [0.29, 0.717) is 0 Å². The molecule has 0 bridgehead atoms. The van der Waals surface area contributed by atoms with Crippen LogP contribution in [-0.2, 0) is 10.8 Å². The molecular weight excluding hydrogens is 264 g/mol. The van der Waals surface area contributed by atoms with Crippen molar-refractivity contribution >= 4 is 19.7 Å². The Morgan fingerprint density at radius 3 is 2.35 bits per heavy atom. The number of rotatable bonds is 5. The van der Waals surface area contributed by atoms with Gasteiger partial charge in [0.2, 0.25) is 0 Å². The first kappa shape index (κ1) is 17.0. The summed E-state index contributed by atoms with van der Waals surface area (Å²) in [6, 6.07) is 4.00. The van der Waals surface area contributed by atoms with Gasteiger partial charge in [0.15, 0.2) is 8.32 Å². The van der Waals surface area contributed by atoms with E-state index in [1.165, 1.54) is 5.56 Å². The Labute approximate surface area is 125 Å². The lowest BCUT2D eigenvalue weighted by Gasteiger charge is -2.36. The van der Waals surface area contributed by atoms with Crippen molar-refractivity contribution in [1.29, 1.82) is 0 Å². The minimum atomic E-state index is -1.67. The van der Waals surface area contributed by atoms with Crippen molar-refractivity contribution in [3.63, 3.8) is 0 Å². The second-order valence-corrected chi connectivity index (χ2v) is 11.7. The summed E-state index contributed by atoms with van der Waals surface area (Å²) in [5, 5.41) is 3.50. The zero-order valence-corrected chi connectivity index (χ0v) is 15.1. The van der Waals surface area contributed by atoms with Crippen LogP contribution < -0.4 is 11.1 Å². The Hall–Kier alpha value is -1.00. The fourth-order valence-electron chi connectivity index (χ4n) is 1.96. The van der Waals surface area contributed by atoms with E-state index in [9.17, 15) is 0 Å². The van der Waals surface area contributed by atoms with Crippen molar-refractivity contribution in [2.24, 2.45) is 0 Å². The molecule has 0 fully saturated rings. The maximum atomic E-state index is 6.26. The molecule has 0 aliphatic heterocycles. The van der Waals surface area contributed by atoms with E-state index in [1.807, 2.05) is 19.2 Å². The van der Waals surface area contributed by atoms with Crippen LogP contribution in [0.15, 0.2) is 12.1 Å². The molecule has 0 aromatic heterocycles. The lowest BCUT2D eigenvalue weighted by atomic mass is 10.0. The molecule has 0 spiro atoms. The molecular formula is C16H30N2OSi. The van der Waals surface area contributed by atoms with E-state index in [-0.39, 0.29) is 5.04 Å². The van der Waals surface area contributed by atoms with Gasteiger partial charge in [-0.15, -0.1) is 0 Å². The minimum absolute atomic E-state index is 0.254. The maximum Gasteiger partial charge on any atom is 0.191 e. The highest BCUT2D eigenvalue weighted by atomic mass is 28.4. The molecule has 0 saturated heterocycles. The van der Waals surface area contributed by atoms with E-state index in [4.69, 9.17) is 10.2 Å². The average molecular weight is 295 g/mol. The Kier molecular flexibility index (Phi) is 5.27. The van der Waals surface area contributed by atoms with Gasteiger partial charge in [-0.05, 0) is 54.7 Å². The molecule has 1 aromatic rings. The summed E-state index contributed by atoms with van der Waals surface area (Å²) in [5.74, 6) is 0. The summed E-state index contributed by atoms with van der Waals surface area (Å²) in [5.41, 5.74) is 10.4. The lowest BCUT2D eigenvalue weighted by Crippen LogP contribution is -2.41. The summed E-state index contributed by atoms with van der Waals surface area (Å²) < 4.78 is 6.26. The van der Waals surface area contributed by atoms with Gasteiger partial charge in [-0.25, -0.2) is 0 Å². The second kappa shape index (κ2) is 6.18. The van der Waals surface area contributed by atoms with Crippen LogP contribution in [0, 0.1) is 6.92 Å². The predicted octanol–water partition coefficient (Wildman–Crippen LogP) is 4.18. The fraction of sp³-hybridized carbons (Fsp3) is 0.625. The van der Waals surface area contributed by atoms with Gasteiger partial charge in [0.05, 0.1) is 0 Å². The molecule has 4 heteroatoms. The molecule has 0 radical (unpaired) electrons. The summed E-state index contributed by atoms with van der Waals surface area (Å²) >= 11 is 0. The molecule has 0 amide bonds. The Morgan fingerprint density at radius 1 is 1.25 bits per heavy atom. The molecule has 0 aliphatic carbocycles. The standard InChI is InChI=1S/C16H30N2OSi/c1-12-13(15(18-5)9-8-14(12)17)10-11-19-20(6,7)16(2,3)4/h8-9,18H,10-11,17H2,1-7H3. The van der Waals surface area contributed by atoms with E-state index in [1.54, 1.807) is 0 Å². The Balaban J connectivity index is 2.79. The van der Waals surface area contributed by atoms with Crippen LogP contribution in [0.25, 0.3) is 0 Å². The topological polar surface area (TPSA) is 47.3 Å². The third-order valence-electron chi connectivity index (χ3n) is 4.53. The molecule has 1 aromatic carbocycles. The summed E-state index contributed by atoms with van der Waals surface area (Å²) in [7, 11) is 0.279. The van der Waals surface area contributed by atoms with Crippen LogP contribution in [0.1, 0.15) is 31.9 Å². The molecule has 1 rings (SSSR count). The summed E-state index contributed by atoms with van der Waals surface area (Å²) in [6.07, 6.45) is 0.902. The number of nitrogens with two attached hydrogens (primary N) is 1. The average Bonchev–Trinajstić information content (AvgIpc) is 2.33. The van der Waals surface area contributed by atoms with E-state index >= 15 is 0 Å². The van der Waals surface area contributed by atoms with Crippen LogP contribution in [-0.4, -0.2) is 22.0 Å². The van der Waals surface area contributed by atoms with E-state index < -0.39 is 8.32 Å². The predicted molar refractivity (Wildman–Crippen MR) is 92.0 cm³/mol. The number of benzene rings is 1. The SMILES string of the molecule is CNc1ccc(N)c(C)c1CCO[Si](C)(C)C(C)(C)C. The molecule has 0 unspecified atom stereocenters. The van der Waals surface area contributed by atoms with Gasteiger partial charge in [-0.1, -0.05) is 20.8 Å². The van der Waals surface area contributed by atoms with Gasteiger partial charge in [0.25, 0.3) is 0 Å². The number of hydrogen-bond acceptors (Lipinski definition) is 3. The van der Waals surface area contributed by atoms with Crippen molar-refractivity contribution in [2.75, 3.05) is 24.7 Å². The third kappa shape index (κ3) is 3.76. The van der Waals surface area contributed by atoms with Crippen LogP contribution in [0.3, 0.4) is 0 Å². The number of nitrogens with one attached hydrogen (secondary N) is 1. The zero-order valence-electron chi connectivity index (χ0n) is 14.1. The lowest BCUT2D eigenvalue weighted by molar-refractivity contribution is 0.292. The number of anilines is 2. The molecule has 20 heavy (non-hydrogen) atoms. The van der Waals surface area contributed by atoms with Crippen LogP contribution in [0.2, 0.25) is 18.1 Å². The molecule has 3 nitrogen and oxygen atoms in total. The van der Waals surface area contributed by atoms with Gasteiger partial charge in [0.1, 0.15) is 0 Å². The smallest absolute Gasteiger partial charge is 0.191 e. The van der Waals surface area contributed by atoms with Crippen molar-refractivity contribution in [1.82, 2.24) is 0 Å². The Morgan fingerprint density at radius 2 is 1.85 bits per heavy atom. The third-order valence-corrected chi connectivity index (χ3v) is 9.07.